The summed E-state index contributed by atoms with van der Waals surface area (Å²) in [5.74, 6) is 0. The molecule has 0 aliphatic carbocycles. The Morgan fingerprint density at radius 3 is 1.85 bits per heavy atom. The highest BCUT2D eigenvalue weighted by atomic mass is 127. The van der Waals surface area contributed by atoms with Crippen LogP contribution in [-0.4, -0.2) is 18.8 Å². The van der Waals surface area contributed by atoms with Crippen LogP contribution in [-0.2, 0) is 4.43 Å². The molecule has 0 aromatic heterocycles. The van der Waals surface area contributed by atoms with Gasteiger partial charge in [-0.15, -0.1) is 0 Å². The third kappa shape index (κ3) is 4.87. The number of hydrogen-bond acceptors (Lipinski definition) is 1. The fourth-order valence-corrected chi connectivity index (χ4v) is 8.56. The first-order valence-corrected chi connectivity index (χ1v) is 12.9. The number of allylic oxidation sites excluding steroid dienone is 1. The summed E-state index contributed by atoms with van der Waals surface area (Å²) in [4.78, 5) is 0. The summed E-state index contributed by atoms with van der Waals surface area (Å²) in [6, 6.07) is 21.8. The molecule has 0 unspecified atom stereocenters. The number of alkyl halides is 1. The third-order valence-electron chi connectivity index (χ3n) is 4.77. The van der Waals surface area contributed by atoms with Crippen molar-refractivity contribution in [2.24, 2.45) is 0 Å². The molecule has 0 N–H and O–H groups in total. The lowest BCUT2D eigenvalue weighted by Crippen LogP contribution is -2.67. The van der Waals surface area contributed by atoms with Gasteiger partial charge >= 0.3 is 0 Å². The highest BCUT2D eigenvalue weighted by Crippen LogP contribution is 2.37. The standard InChI is InChI=1S/C23H31IOSi/c1-5-20(14-12-13-19-24)25-26(23(2,3)4,21-15-8-6-9-16-21)22-17-10-7-11-18-22/h6-12,14-18,20H,5,13,19H2,1-4H3/b14-12+/t20-/m1/s1. The number of benzene rings is 2. The van der Waals surface area contributed by atoms with Gasteiger partial charge in [-0.05, 0) is 28.3 Å². The van der Waals surface area contributed by atoms with Crippen molar-refractivity contribution in [2.75, 3.05) is 4.43 Å². The third-order valence-corrected chi connectivity index (χ3v) is 10.5. The van der Waals surface area contributed by atoms with Gasteiger partial charge in [-0.2, -0.15) is 0 Å². The second-order valence-corrected chi connectivity index (χ2v) is 13.0. The molecule has 1 atom stereocenters. The molecule has 2 aromatic rings. The molecule has 0 amide bonds. The van der Waals surface area contributed by atoms with Crippen LogP contribution >= 0.6 is 22.6 Å². The minimum absolute atomic E-state index is 0.0280. The molecule has 0 aliphatic rings. The average Bonchev–Trinajstić information content (AvgIpc) is 2.65. The Labute approximate surface area is 174 Å². The first-order chi connectivity index (χ1) is 12.5. The van der Waals surface area contributed by atoms with E-state index in [2.05, 4.69) is 123 Å². The maximum Gasteiger partial charge on any atom is 0.261 e. The molecule has 0 saturated heterocycles. The first kappa shape index (κ1) is 21.4. The van der Waals surface area contributed by atoms with Gasteiger partial charge in [0.05, 0.1) is 6.10 Å². The Morgan fingerprint density at radius 1 is 0.962 bits per heavy atom. The molecule has 0 bridgehead atoms. The Morgan fingerprint density at radius 2 is 1.46 bits per heavy atom. The van der Waals surface area contributed by atoms with Crippen LogP contribution in [0.3, 0.4) is 0 Å². The van der Waals surface area contributed by atoms with Crippen molar-refractivity contribution in [1.82, 2.24) is 0 Å². The zero-order chi connectivity index (χ0) is 19.0. The maximum absolute atomic E-state index is 7.12. The van der Waals surface area contributed by atoms with Gasteiger partial charge in [0.15, 0.2) is 0 Å². The van der Waals surface area contributed by atoms with E-state index in [1.165, 1.54) is 10.4 Å². The summed E-state index contributed by atoms with van der Waals surface area (Å²) in [6.45, 7) is 9.22. The van der Waals surface area contributed by atoms with E-state index in [4.69, 9.17) is 4.43 Å². The second kappa shape index (κ2) is 9.86. The molecule has 0 aliphatic heterocycles. The SMILES string of the molecule is CC[C@H](/C=C/CCI)O[Si](c1ccccc1)(c1ccccc1)C(C)(C)C. The molecule has 0 radical (unpaired) electrons. The summed E-state index contributed by atoms with van der Waals surface area (Å²) in [5.41, 5.74) is 0. The Kier molecular flexibility index (Phi) is 8.11. The van der Waals surface area contributed by atoms with Crippen LogP contribution in [0.5, 0.6) is 0 Å². The zero-order valence-electron chi connectivity index (χ0n) is 16.4. The Bertz CT molecular complexity index is 637. The van der Waals surface area contributed by atoms with Gasteiger partial charge < -0.3 is 4.43 Å². The van der Waals surface area contributed by atoms with E-state index >= 15 is 0 Å². The predicted octanol–water partition coefficient (Wildman–Crippen LogP) is 5.72. The molecular weight excluding hydrogens is 447 g/mol. The van der Waals surface area contributed by atoms with Gasteiger partial charge in [0.25, 0.3) is 8.32 Å². The topological polar surface area (TPSA) is 9.23 Å². The second-order valence-electron chi connectivity index (χ2n) is 7.63. The number of hydrogen-bond donors (Lipinski definition) is 0. The summed E-state index contributed by atoms with van der Waals surface area (Å²) in [7, 11) is -2.45. The maximum atomic E-state index is 7.12. The van der Waals surface area contributed by atoms with Crippen LogP contribution < -0.4 is 10.4 Å². The van der Waals surface area contributed by atoms with Gasteiger partial charge in [0.1, 0.15) is 0 Å². The van der Waals surface area contributed by atoms with Gasteiger partial charge in [-0.25, -0.2) is 0 Å². The van der Waals surface area contributed by atoms with Crippen LogP contribution in [0.1, 0.15) is 40.5 Å². The molecule has 0 fully saturated rings. The van der Waals surface area contributed by atoms with E-state index in [9.17, 15) is 0 Å². The number of halogens is 1. The number of rotatable bonds is 8. The molecule has 0 saturated carbocycles. The van der Waals surface area contributed by atoms with Crippen molar-refractivity contribution >= 4 is 41.3 Å². The van der Waals surface area contributed by atoms with Gasteiger partial charge in [0.2, 0.25) is 0 Å². The lowest BCUT2D eigenvalue weighted by atomic mass is 10.2. The average molecular weight is 478 g/mol. The van der Waals surface area contributed by atoms with E-state index in [0.717, 1.165) is 17.3 Å². The van der Waals surface area contributed by atoms with Crippen LogP contribution in [0.4, 0.5) is 0 Å². The monoisotopic (exact) mass is 478 g/mol. The van der Waals surface area contributed by atoms with Crippen LogP contribution in [0.25, 0.3) is 0 Å². The summed E-state index contributed by atoms with van der Waals surface area (Å²) >= 11 is 2.42. The van der Waals surface area contributed by atoms with Crippen molar-refractivity contribution in [3.8, 4) is 0 Å². The van der Waals surface area contributed by atoms with Crippen molar-refractivity contribution in [2.45, 2.75) is 51.7 Å². The molecule has 2 rings (SSSR count). The molecule has 1 nitrogen and oxygen atoms in total. The highest BCUT2D eigenvalue weighted by molar-refractivity contribution is 14.1. The molecule has 3 heteroatoms. The van der Waals surface area contributed by atoms with Crippen molar-refractivity contribution in [3.63, 3.8) is 0 Å². The molecular formula is C23H31IOSi. The van der Waals surface area contributed by atoms with E-state index < -0.39 is 8.32 Å². The Balaban J connectivity index is 2.60. The molecule has 140 valence electrons. The van der Waals surface area contributed by atoms with Crippen molar-refractivity contribution in [3.05, 3.63) is 72.8 Å². The van der Waals surface area contributed by atoms with Crippen LogP contribution in [0.2, 0.25) is 5.04 Å². The van der Waals surface area contributed by atoms with Gasteiger partial charge in [-0.1, -0.05) is 123 Å². The minimum Gasteiger partial charge on any atom is -0.401 e. The van der Waals surface area contributed by atoms with E-state index in [1.54, 1.807) is 0 Å². The zero-order valence-corrected chi connectivity index (χ0v) is 19.6. The van der Waals surface area contributed by atoms with Crippen LogP contribution in [0.15, 0.2) is 72.8 Å². The first-order valence-electron chi connectivity index (χ1n) is 9.47. The molecule has 0 heterocycles. The summed E-state index contributed by atoms with van der Waals surface area (Å²) < 4.78 is 8.26. The largest absolute Gasteiger partial charge is 0.401 e. The lowest BCUT2D eigenvalue weighted by molar-refractivity contribution is 0.228. The quantitative estimate of drug-likeness (QED) is 0.204. The minimum atomic E-state index is -2.45. The van der Waals surface area contributed by atoms with E-state index in [1.807, 2.05) is 0 Å². The fourth-order valence-electron chi connectivity index (χ4n) is 3.49. The van der Waals surface area contributed by atoms with Crippen LogP contribution in [0, 0.1) is 0 Å². The normalized spacial score (nSPS) is 13.9. The fraction of sp³-hybridized carbons (Fsp3) is 0.391. The van der Waals surface area contributed by atoms with Gasteiger partial charge in [0, 0.05) is 4.43 Å². The predicted molar refractivity (Wildman–Crippen MR) is 125 cm³/mol. The smallest absolute Gasteiger partial charge is 0.261 e. The van der Waals surface area contributed by atoms with E-state index in [-0.39, 0.29) is 11.1 Å². The van der Waals surface area contributed by atoms with Crippen molar-refractivity contribution < 1.29 is 4.43 Å². The van der Waals surface area contributed by atoms with Crippen molar-refractivity contribution in [1.29, 1.82) is 0 Å². The summed E-state index contributed by atoms with van der Waals surface area (Å²) in [5, 5.41) is 2.72. The molecule has 0 spiro atoms. The van der Waals surface area contributed by atoms with Gasteiger partial charge in [-0.3, -0.25) is 0 Å². The summed E-state index contributed by atoms with van der Waals surface area (Å²) in [6.07, 6.45) is 6.78. The molecule has 26 heavy (non-hydrogen) atoms. The Hall–Kier alpha value is -0.913. The lowest BCUT2D eigenvalue weighted by Gasteiger charge is -2.44. The molecule has 2 aromatic carbocycles. The highest BCUT2D eigenvalue weighted by Gasteiger charge is 2.50. The van der Waals surface area contributed by atoms with E-state index in [0.29, 0.717) is 0 Å².